The van der Waals surface area contributed by atoms with Gasteiger partial charge in [0.05, 0.1) is 17.1 Å². The molecule has 214 valence electrons. The van der Waals surface area contributed by atoms with E-state index >= 15 is 0 Å². The second kappa shape index (κ2) is 10.5. The van der Waals surface area contributed by atoms with Crippen LogP contribution in [0.2, 0.25) is 0 Å². The fourth-order valence-corrected chi connectivity index (χ4v) is 5.67. The number of halogens is 3. The Hall–Kier alpha value is -2.13. The molecule has 5 N–H and O–H groups in total. The van der Waals surface area contributed by atoms with E-state index in [-0.39, 0.29) is 25.7 Å². The van der Waals surface area contributed by atoms with Gasteiger partial charge in [0.25, 0.3) is 0 Å². The van der Waals surface area contributed by atoms with E-state index in [1.54, 1.807) is 13.8 Å². The molecule has 3 rings (SSSR count). The van der Waals surface area contributed by atoms with Crippen molar-refractivity contribution >= 4 is 18.6 Å². The summed E-state index contributed by atoms with van der Waals surface area (Å²) >= 11 is 0. The standard InChI is InChI=1S/C22H31F3N3O9P/c1-5-20(4,33)38(34,35)37-21(6-2,7-3)9-13-15(30)16(31)18(36-13)28-10-11-12(29)8-14(22(23,24)25)26-17(11)27-19(28)32/h8,10,13,15-16,18,30-31,33H,5-7,9H2,1-4H3,(H,34,35)(H,26,27,32). The Kier molecular flexibility index (Phi) is 8.36. The van der Waals surface area contributed by atoms with Crippen LogP contribution < -0.4 is 11.1 Å². The molecule has 12 nitrogen and oxygen atoms in total. The fraction of sp³-hybridized carbons (Fsp3) is 0.682. The first kappa shape index (κ1) is 30.4. The number of pyridine rings is 1. The number of alkyl halides is 3. The van der Waals surface area contributed by atoms with E-state index in [0.29, 0.717) is 10.6 Å². The predicted molar refractivity (Wildman–Crippen MR) is 127 cm³/mol. The monoisotopic (exact) mass is 569 g/mol. The molecule has 6 unspecified atom stereocenters. The van der Waals surface area contributed by atoms with Gasteiger partial charge >= 0.3 is 19.5 Å². The van der Waals surface area contributed by atoms with Crippen LogP contribution in [-0.4, -0.2) is 64.0 Å². The number of hydrogen-bond donors (Lipinski definition) is 5. The van der Waals surface area contributed by atoms with Gasteiger partial charge in [0.2, 0.25) is 0 Å². The maximum atomic E-state index is 13.0. The number of H-pyrrole nitrogens is 1. The predicted octanol–water partition coefficient (Wildman–Crippen LogP) is 1.99. The SMILES string of the molecule is CCC(CC)(CC1OC(n2cc3c(=O)cc(C(F)(F)F)[nH]c3nc2=O)C(O)C1O)OP(=O)(O)C(C)(O)CC. The Bertz CT molecular complexity index is 1340. The number of aliphatic hydroxyl groups excluding tert-OH is 2. The van der Waals surface area contributed by atoms with E-state index in [4.69, 9.17) is 9.26 Å². The molecule has 0 amide bonds. The van der Waals surface area contributed by atoms with Gasteiger partial charge in [-0.3, -0.25) is 18.5 Å². The average molecular weight is 569 g/mol. The lowest BCUT2D eigenvalue weighted by molar-refractivity contribution is -0.141. The van der Waals surface area contributed by atoms with Gasteiger partial charge in [0.1, 0.15) is 23.5 Å². The van der Waals surface area contributed by atoms with E-state index in [9.17, 15) is 47.5 Å². The number of fused-ring (bicyclic) bond motifs is 1. The third kappa shape index (κ3) is 5.60. The van der Waals surface area contributed by atoms with Crippen molar-refractivity contribution in [3.8, 4) is 0 Å². The summed E-state index contributed by atoms with van der Waals surface area (Å²) in [7, 11) is -4.60. The average Bonchev–Trinajstić information content (AvgIpc) is 3.10. The Morgan fingerprint density at radius 2 is 1.76 bits per heavy atom. The maximum absolute atomic E-state index is 13.0. The molecule has 1 fully saturated rings. The zero-order valence-corrected chi connectivity index (χ0v) is 22.0. The molecule has 0 spiro atoms. The van der Waals surface area contributed by atoms with Gasteiger partial charge in [-0.25, -0.2) is 4.79 Å². The van der Waals surface area contributed by atoms with E-state index in [1.807, 2.05) is 4.98 Å². The largest absolute Gasteiger partial charge is 0.431 e. The van der Waals surface area contributed by atoms with Gasteiger partial charge in [-0.05, 0) is 26.2 Å². The maximum Gasteiger partial charge on any atom is 0.431 e. The lowest BCUT2D eigenvalue weighted by atomic mass is 9.88. The van der Waals surface area contributed by atoms with Crippen LogP contribution in [0, 0.1) is 0 Å². The van der Waals surface area contributed by atoms with E-state index < -0.39 is 77.1 Å². The van der Waals surface area contributed by atoms with Crippen LogP contribution in [0.15, 0.2) is 21.9 Å². The smallest absolute Gasteiger partial charge is 0.388 e. The minimum Gasteiger partial charge on any atom is -0.388 e. The molecular weight excluding hydrogens is 538 g/mol. The molecule has 2 aromatic rings. The molecule has 1 saturated heterocycles. The number of aromatic nitrogens is 3. The van der Waals surface area contributed by atoms with Crippen LogP contribution in [0.25, 0.3) is 11.0 Å². The quantitative estimate of drug-likeness (QED) is 0.280. The van der Waals surface area contributed by atoms with Crippen molar-refractivity contribution in [3.63, 3.8) is 0 Å². The molecule has 2 aromatic heterocycles. The molecule has 1 aliphatic heterocycles. The first-order valence-electron chi connectivity index (χ1n) is 11.9. The Balaban J connectivity index is 1.96. The van der Waals surface area contributed by atoms with Crippen molar-refractivity contribution < 1.29 is 47.2 Å². The summed E-state index contributed by atoms with van der Waals surface area (Å²) in [5.41, 5.74) is -5.67. The number of hydrogen-bond acceptors (Lipinski definition) is 9. The zero-order valence-electron chi connectivity index (χ0n) is 21.1. The fourth-order valence-electron chi connectivity index (χ4n) is 4.21. The van der Waals surface area contributed by atoms with E-state index in [0.717, 1.165) is 13.1 Å². The molecule has 16 heteroatoms. The summed E-state index contributed by atoms with van der Waals surface area (Å²) in [5, 5.41) is 29.3. The van der Waals surface area contributed by atoms with Crippen LogP contribution in [0.4, 0.5) is 13.2 Å². The summed E-state index contributed by atoms with van der Waals surface area (Å²) in [4.78, 5) is 40.8. The number of nitrogens with one attached hydrogen (secondary N) is 1. The number of rotatable bonds is 9. The van der Waals surface area contributed by atoms with E-state index in [2.05, 4.69) is 4.98 Å². The van der Waals surface area contributed by atoms with Crippen molar-refractivity contribution in [2.24, 2.45) is 0 Å². The third-order valence-electron chi connectivity index (χ3n) is 7.12. The van der Waals surface area contributed by atoms with Crippen LogP contribution >= 0.6 is 7.60 Å². The molecule has 0 aromatic carbocycles. The number of ether oxygens (including phenoxy) is 1. The van der Waals surface area contributed by atoms with Crippen molar-refractivity contribution in [1.29, 1.82) is 0 Å². The van der Waals surface area contributed by atoms with Gasteiger partial charge in [-0.2, -0.15) is 18.2 Å². The molecule has 0 aliphatic carbocycles. The second-order valence-electron chi connectivity index (χ2n) is 9.56. The molecule has 0 saturated carbocycles. The molecular formula is C22H31F3N3O9P. The van der Waals surface area contributed by atoms with Crippen LogP contribution in [0.3, 0.4) is 0 Å². The van der Waals surface area contributed by atoms with Gasteiger partial charge in [-0.15, -0.1) is 0 Å². The first-order chi connectivity index (χ1) is 17.4. The van der Waals surface area contributed by atoms with E-state index in [1.165, 1.54) is 6.92 Å². The number of aromatic amines is 1. The molecule has 0 radical (unpaired) electrons. The summed E-state index contributed by atoms with van der Waals surface area (Å²) in [6.45, 7) is 5.96. The van der Waals surface area contributed by atoms with Crippen molar-refractivity contribution in [3.05, 3.63) is 38.7 Å². The normalized spacial score (nSPS) is 25.9. The van der Waals surface area contributed by atoms with Crippen LogP contribution in [0.5, 0.6) is 0 Å². The number of nitrogens with zero attached hydrogens (tertiary/aromatic N) is 2. The second-order valence-corrected chi connectivity index (χ2v) is 11.7. The topological polar surface area (TPSA) is 184 Å². The van der Waals surface area contributed by atoms with Crippen molar-refractivity contribution in [2.45, 2.75) is 95.0 Å². The lowest BCUT2D eigenvalue weighted by Gasteiger charge is -2.39. The lowest BCUT2D eigenvalue weighted by Crippen LogP contribution is -2.41. The molecule has 1 aliphatic rings. The van der Waals surface area contributed by atoms with Crippen LogP contribution in [0.1, 0.15) is 65.3 Å². The minimum absolute atomic E-state index is 0.0882. The van der Waals surface area contributed by atoms with Gasteiger partial charge in [-0.1, -0.05) is 20.8 Å². The highest BCUT2D eigenvalue weighted by Crippen LogP contribution is 2.59. The molecule has 6 atom stereocenters. The van der Waals surface area contributed by atoms with Gasteiger partial charge in [0.15, 0.2) is 17.0 Å². The Morgan fingerprint density at radius 1 is 1.16 bits per heavy atom. The summed E-state index contributed by atoms with van der Waals surface area (Å²) in [6.07, 6.45) is -10.2. The summed E-state index contributed by atoms with van der Waals surface area (Å²) < 4.78 is 63.9. The Labute approximate surface area is 214 Å². The van der Waals surface area contributed by atoms with Crippen molar-refractivity contribution in [1.82, 2.24) is 14.5 Å². The highest BCUT2D eigenvalue weighted by molar-refractivity contribution is 7.54. The zero-order chi connectivity index (χ0) is 28.8. The molecule has 3 heterocycles. The Morgan fingerprint density at radius 3 is 2.29 bits per heavy atom. The molecule has 0 bridgehead atoms. The highest BCUT2D eigenvalue weighted by atomic mass is 31.2. The highest BCUT2D eigenvalue weighted by Gasteiger charge is 2.51. The third-order valence-corrected chi connectivity index (χ3v) is 9.29. The van der Waals surface area contributed by atoms with Gasteiger partial charge in [0, 0.05) is 18.7 Å². The first-order valence-corrected chi connectivity index (χ1v) is 13.5. The minimum atomic E-state index is -4.89. The summed E-state index contributed by atoms with van der Waals surface area (Å²) in [6, 6.07) is 0.301. The summed E-state index contributed by atoms with van der Waals surface area (Å²) in [5.74, 6) is 0. The van der Waals surface area contributed by atoms with Crippen LogP contribution in [-0.2, 0) is 20.0 Å². The van der Waals surface area contributed by atoms with Gasteiger partial charge < -0.3 is 29.9 Å². The van der Waals surface area contributed by atoms with Crippen molar-refractivity contribution in [2.75, 3.05) is 0 Å². The molecule has 38 heavy (non-hydrogen) atoms. The number of aliphatic hydroxyl groups is 3.